The van der Waals surface area contributed by atoms with E-state index in [1.54, 1.807) is 24.3 Å². The summed E-state index contributed by atoms with van der Waals surface area (Å²) in [4.78, 5) is 23.6. The summed E-state index contributed by atoms with van der Waals surface area (Å²) >= 11 is 6.58. The summed E-state index contributed by atoms with van der Waals surface area (Å²) in [6, 6.07) is 10.1. The van der Waals surface area contributed by atoms with Crippen LogP contribution in [-0.2, 0) is 0 Å². The number of amides is 1. The monoisotopic (exact) mass is 411 g/mol. The highest BCUT2D eigenvalue weighted by molar-refractivity contribution is 9.11. The largest absolute Gasteiger partial charge is 0.478 e. The first kappa shape index (κ1) is 15.7. The van der Waals surface area contributed by atoms with Crippen LogP contribution in [0, 0.1) is 6.92 Å². The lowest BCUT2D eigenvalue weighted by atomic mass is 10.1. The maximum Gasteiger partial charge on any atom is 0.337 e. The Morgan fingerprint density at radius 3 is 2.43 bits per heavy atom. The summed E-state index contributed by atoms with van der Waals surface area (Å²) in [6.07, 6.45) is 0. The third-order valence-corrected chi connectivity index (χ3v) is 4.20. The average molecular weight is 413 g/mol. The first-order valence-electron chi connectivity index (χ1n) is 5.99. The molecule has 21 heavy (non-hydrogen) atoms. The third-order valence-electron chi connectivity index (χ3n) is 2.85. The van der Waals surface area contributed by atoms with Gasteiger partial charge in [-0.25, -0.2) is 4.79 Å². The van der Waals surface area contributed by atoms with Gasteiger partial charge in [0.15, 0.2) is 0 Å². The number of benzene rings is 2. The maximum absolute atomic E-state index is 12.4. The van der Waals surface area contributed by atoms with Crippen LogP contribution in [0.25, 0.3) is 0 Å². The summed E-state index contributed by atoms with van der Waals surface area (Å²) < 4.78 is 1.16. The molecule has 0 atom stereocenters. The zero-order valence-electron chi connectivity index (χ0n) is 11.0. The van der Waals surface area contributed by atoms with Gasteiger partial charge in [-0.2, -0.15) is 0 Å². The van der Waals surface area contributed by atoms with Crippen molar-refractivity contribution >= 4 is 49.4 Å². The lowest BCUT2D eigenvalue weighted by Gasteiger charge is -2.12. The Balaban J connectivity index is 2.41. The molecular weight excluding hydrogens is 402 g/mol. The molecule has 0 fully saturated rings. The molecule has 2 aromatic rings. The van der Waals surface area contributed by atoms with E-state index in [4.69, 9.17) is 0 Å². The molecule has 0 aliphatic heterocycles. The van der Waals surface area contributed by atoms with Crippen LogP contribution in [0.1, 0.15) is 26.3 Å². The van der Waals surface area contributed by atoms with Crippen molar-refractivity contribution in [3.63, 3.8) is 0 Å². The number of carboxylic acid groups (broad SMARTS) is 1. The summed E-state index contributed by atoms with van der Waals surface area (Å²) in [5.74, 6) is -1.48. The van der Waals surface area contributed by atoms with Crippen molar-refractivity contribution in [1.29, 1.82) is 0 Å². The number of halogens is 2. The molecule has 0 aromatic heterocycles. The third kappa shape index (κ3) is 3.51. The van der Waals surface area contributed by atoms with Crippen LogP contribution in [0.5, 0.6) is 0 Å². The van der Waals surface area contributed by atoms with Crippen LogP contribution in [0.3, 0.4) is 0 Å². The molecule has 0 saturated heterocycles. The zero-order valence-corrected chi connectivity index (χ0v) is 14.2. The molecule has 0 spiro atoms. The highest BCUT2D eigenvalue weighted by Gasteiger charge is 2.17. The Bertz CT molecular complexity index is 729. The molecule has 0 heterocycles. The van der Waals surface area contributed by atoms with E-state index in [-0.39, 0.29) is 17.2 Å². The van der Waals surface area contributed by atoms with E-state index < -0.39 is 5.97 Å². The van der Waals surface area contributed by atoms with Gasteiger partial charge in [0.1, 0.15) is 0 Å². The Labute approximate surface area is 138 Å². The van der Waals surface area contributed by atoms with Crippen LogP contribution >= 0.6 is 31.9 Å². The Morgan fingerprint density at radius 2 is 1.76 bits per heavy atom. The van der Waals surface area contributed by atoms with Crippen molar-refractivity contribution in [3.05, 3.63) is 62.0 Å². The fourth-order valence-electron chi connectivity index (χ4n) is 1.82. The summed E-state index contributed by atoms with van der Waals surface area (Å²) in [5, 5.41) is 11.8. The van der Waals surface area contributed by atoms with Gasteiger partial charge < -0.3 is 10.4 Å². The van der Waals surface area contributed by atoms with Gasteiger partial charge >= 0.3 is 5.97 Å². The van der Waals surface area contributed by atoms with Crippen LogP contribution in [0.2, 0.25) is 0 Å². The van der Waals surface area contributed by atoms with Gasteiger partial charge in [-0.3, -0.25) is 4.79 Å². The number of aromatic carboxylic acids is 1. The van der Waals surface area contributed by atoms with E-state index in [0.717, 1.165) is 5.56 Å². The first-order chi connectivity index (χ1) is 9.90. The summed E-state index contributed by atoms with van der Waals surface area (Å²) in [7, 11) is 0. The van der Waals surface area contributed by atoms with E-state index in [1.165, 1.54) is 6.07 Å². The number of anilines is 1. The zero-order chi connectivity index (χ0) is 15.6. The molecule has 1 amide bonds. The molecule has 0 radical (unpaired) electrons. The standard InChI is InChI=1S/C15H11Br2NO3/c1-8-5-6-11(16)10(7-8)14(19)18-13-9(15(20)21)3-2-4-12(13)17/h2-7H,1H3,(H,18,19)(H,20,21). The van der Waals surface area contributed by atoms with Gasteiger partial charge in [0, 0.05) is 8.95 Å². The number of rotatable bonds is 3. The van der Waals surface area contributed by atoms with E-state index in [1.807, 2.05) is 13.0 Å². The maximum atomic E-state index is 12.4. The second kappa shape index (κ2) is 6.41. The molecule has 108 valence electrons. The Kier molecular flexibility index (Phi) is 4.80. The first-order valence-corrected chi connectivity index (χ1v) is 7.58. The minimum absolute atomic E-state index is 0.0292. The normalized spacial score (nSPS) is 10.2. The Hall–Kier alpha value is -1.66. The van der Waals surface area contributed by atoms with Crippen molar-refractivity contribution in [2.24, 2.45) is 0 Å². The van der Waals surface area contributed by atoms with Gasteiger partial charge in [-0.05, 0) is 63.0 Å². The fourth-order valence-corrected chi connectivity index (χ4v) is 2.72. The van der Waals surface area contributed by atoms with Gasteiger partial charge in [0.2, 0.25) is 0 Å². The van der Waals surface area contributed by atoms with Crippen LogP contribution in [0.4, 0.5) is 5.69 Å². The SMILES string of the molecule is Cc1ccc(Br)c(C(=O)Nc2c(Br)cccc2C(=O)O)c1. The topological polar surface area (TPSA) is 66.4 Å². The quantitative estimate of drug-likeness (QED) is 0.781. The molecule has 0 unspecified atom stereocenters. The molecule has 0 saturated carbocycles. The predicted molar refractivity (Wildman–Crippen MR) is 87.9 cm³/mol. The number of aryl methyl sites for hydroxylation is 1. The molecular formula is C15H11Br2NO3. The van der Waals surface area contributed by atoms with E-state index in [0.29, 0.717) is 14.5 Å². The van der Waals surface area contributed by atoms with Crippen molar-refractivity contribution in [2.75, 3.05) is 5.32 Å². The van der Waals surface area contributed by atoms with Crippen LogP contribution in [-0.4, -0.2) is 17.0 Å². The van der Waals surface area contributed by atoms with Crippen molar-refractivity contribution in [1.82, 2.24) is 0 Å². The van der Waals surface area contributed by atoms with Gasteiger partial charge in [-0.1, -0.05) is 17.7 Å². The highest BCUT2D eigenvalue weighted by atomic mass is 79.9. The number of hydrogen-bond donors (Lipinski definition) is 2. The van der Waals surface area contributed by atoms with Crippen LogP contribution in [0.15, 0.2) is 45.3 Å². The van der Waals surface area contributed by atoms with Crippen LogP contribution < -0.4 is 5.32 Å². The van der Waals surface area contributed by atoms with Gasteiger partial charge in [0.05, 0.1) is 16.8 Å². The lowest BCUT2D eigenvalue weighted by molar-refractivity contribution is 0.0698. The molecule has 2 rings (SSSR count). The van der Waals surface area contributed by atoms with E-state index in [2.05, 4.69) is 37.2 Å². The number of hydrogen-bond acceptors (Lipinski definition) is 2. The van der Waals surface area contributed by atoms with E-state index >= 15 is 0 Å². The second-order valence-corrected chi connectivity index (χ2v) is 6.11. The molecule has 2 N–H and O–H groups in total. The lowest BCUT2D eigenvalue weighted by Crippen LogP contribution is -2.16. The number of carbonyl (C=O) groups excluding carboxylic acids is 1. The molecule has 0 aliphatic rings. The molecule has 6 heteroatoms. The van der Waals surface area contributed by atoms with Crippen molar-refractivity contribution in [3.8, 4) is 0 Å². The second-order valence-electron chi connectivity index (χ2n) is 4.40. The molecule has 0 bridgehead atoms. The fraction of sp³-hybridized carbons (Fsp3) is 0.0667. The molecule has 2 aromatic carbocycles. The van der Waals surface area contributed by atoms with E-state index in [9.17, 15) is 14.7 Å². The minimum atomic E-state index is -1.10. The van der Waals surface area contributed by atoms with Gasteiger partial charge in [-0.15, -0.1) is 0 Å². The minimum Gasteiger partial charge on any atom is -0.478 e. The van der Waals surface area contributed by atoms with Gasteiger partial charge in [0.25, 0.3) is 5.91 Å². The summed E-state index contributed by atoms with van der Waals surface area (Å²) in [5.41, 5.74) is 1.65. The van der Waals surface area contributed by atoms with Crippen molar-refractivity contribution < 1.29 is 14.7 Å². The smallest absolute Gasteiger partial charge is 0.337 e. The number of nitrogens with one attached hydrogen (secondary N) is 1. The molecule has 4 nitrogen and oxygen atoms in total. The highest BCUT2D eigenvalue weighted by Crippen LogP contribution is 2.28. The predicted octanol–water partition coefficient (Wildman–Crippen LogP) is 4.47. The number of para-hydroxylation sites is 1. The molecule has 0 aliphatic carbocycles. The van der Waals surface area contributed by atoms with Crippen molar-refractivity contribution in [2.45, 2.75) is 6.92 Å². The Morgan fingerprint density at radius 1 is 1.05 bits per heavy atom. The number of carbonyl (C=O) groups is 2. The average Bonchev–Trinajstić information content (AvgIpc) is 2.43. The number of carboxylic acids is 1. The summed E-state index contributed by atoms with van der Waals surface area (Å²) in [6.45, 7) is 1.88.